The molecule has 15 heavy (non-hydrogen) atoms. The molecule has 2 nitrogen and oxygen atoms in total. The van der Waals surface area contributed by atoms with E-state index < -0.39 is 0 Å². The number of rotatable bonds is 1. The molecular formula is C11H12N2S2. The molecule has 2 aromatic rings. The summed E-state index contributed by atoms with van der Waals surface area (Å²) in [7, 11) is 0. The summed E-state index contributed by atoms with van der Waals surface area (Å²) < 4.78 is 0. The van der Waals surface area contributed by atoms with Gasteiger partial charge in [0.2, 0.25) is 0 Å². The summed E-state index contributed by atoms with van der Waals surface area (Å²) in [6.45, 7) is 0. The van der Waals surface area contributed by atoms with Crippen molar-refractivity contribution < 1.29 is 0 Å². The van der Waals surface area contributed by atoms with Crippen LogP contribution in [0.25, 0.3) is 10.6 Å². The van der Waals surface area contributed by atoms with E-state index in [-0.39, 0.29) is 0 Å². The molecule has 2 heterocycles. The zero-order chi connectivity index (χ0) is 10.3. The molecule has 0 bridgehead atoms. The molecule has 4 heteroatoms. The van der Waals surface area contributed by atoms with Crippen molar-refractivity contribution in [2.45, 2.75) is 25.3 Å². The highest BCUT2D eigenvalue weighted by atomic mass is 32.1. The monoisotopic (exact) mass is 236 g/mol. The SMILES string of the molecule is N[C@H]1CCc2nc(-c3ccsc3)sc2C1. The summed E-state index contributed by atoms with van der Waals surface area (Å²) in [4.78, 5) is 6.10. The highest BCUT2D eigenvalue weighted by Gasteiger charge is 2.20. The number of nitrogens with zero attached hydrogens (tertiary/aromatic N) is 1. The first-order chi connectivity index (χ1) is 7.33. The van der Waals surface area contributed by atoms with E-state index in [1.165, 1.54) is 16.1 Å². The van der Waals surface area contributed by atoms with Crippen LogP contribution in [0, 0.1) is 0 Å². The number of fused-ring (bicyclic) bond motifs is 1. The maximum Gasteiger partial charge on any atom is 0.124 e. The molecule has 0 unspecified atom stereocenters. The van der Waals surface area contributed by atoms with Gasteiger partial charge in [0.25, 0.3) is 0 Å². The minimum atomic E-state index is 0.341. The Morgan fingerprint density at radius 2 is 2.40 bits per heavy atom. The van der Waals surface area contributed by atoms with Gasteiger partial charge in [-0.05, 0) is 30.7 Å². The predicted molar refractivity (Wildman–Crippen MR) is 65.4 cm³/mol. The minimum absolute atomic E-state index is 0.341. The van der Waals surface area contributed by atoms with Gasteiger partial charge in [-0.1, -0.05) is 0 Å². The van der Waals surface area contributed by atoms with Crippen molar-refractivity contribution in [2.24, 2.45) is 5.73 Å². The maximum absolute atomic E-state index is 5.96. The molecule has 0 saturated carbocycles. The lowest BCUT2D eigenvalue weighted by atomic mass is 9.99. The molecule has 0 aliphatic heterocycles. The van der Waals surface area contributed by atoms with Crippen molar-refractivity contribution >= 4 is 22.7 Å². The molecule has 0 saturated heterocycles. The van der Waals surface area contributed by atoms with Gasteiger partial charge in [0.1, 0.15) is 5.01 Å². The van der Waals surface area contributed by atoms with Crippen molar-refractivity contribution in [3.05, 3.63) is 27.4 Å². The predicted octanol–water partition coefficient (Wildman–Crippen LogP) is 2.69. The first-order valence-corrected chi connectivity index (χ1v) is 6.85. The topological polar surface area (TPSA) is 38.9 Å². The van der Waals surface area contributed by atoms with Crippen molar-refractivity contribution in [3.8, 4) is 10.6 Å². The largest absolute Gasteiger partial charge is 0.327 e. The van der Waals surface area contributed by atoms with Crippen molar-refractivity contribution in [3.63, 3.8) is 0 Å². The third kappa shape index (κ3) is 1.73. The van der Waals surface area contributed by atoms with E-state index in [2.05, 4.69) is 16.8 Å². The number of nitrogens with two attached hydrogens (primary N) is 1. The van der Waals surface area contributed by atoms with Crippen LogP contribution in [0.1, 0.15) is 17.0 Å². The zero-order valence-corrected chi connectivity index (χ0v) is 9.90. The van der Waals surface area contributed by atoms with Crippen molar-refractivity contribution in [1.29, 1.82) is 0 Å². The van der Waals surface area contributed by atoms with Crippen molar-refractivity contribution in [1.82, 2.24) is 4.98 Å². The Kier molecular flexibility index (Phi) is 2.35. The smallest absolute Gasteiger partial charge is 0.124 e. The molecular weight excluding hydrogens is 224 g/mol. The molecule has 1 atom stereocenters. The van der Waals surface area contributed by atoms with Gasteiger partial charge in [-0.2, -0.15) is 11.3 Å². The van der Waals surface area contributed by atoms with Gasteiger partial charge in [0.05, 0.1) is 5.69 Å². The Morgan fingerprint density at radius 3 is 3.20 bits per heavy atom. The summed E-state index contributed by atoms with van der Waals surface area (Å²) in [6, 6.07) is 2.47. The normalized spacial score (nSPS) is 20.2. The summed E-state index contributed by atoms with van der Waals surface area (Å²) in [5.74, 6) is 0. The van der Waals surface area contributed by atoms with E-state index in [1.54, 1.807) is 11.3 Å². The van der Waals surface area contributed by atoms with Crippen LogP contribution < -0.4 is 5.73 Å². The van der Waals surface area contributed by atoms with Crippen LogP contribution in [0.3, 0.4) is 0 Å². The molecule has 3 rings (SSSR count). The van der Waals surface area contributed by atoms with Crippen LogP contribution in [-0.2, 0) is 12.8 Å². The van der Waals surface area contributed by atoms with Gasteiger partial charge in [0.15, 0.2) is 0 Å². The fourth-order valence-corrected chi connectivity index (χ4v) is 3.82. The molecule has 78 valence electrons. The summed E-state index contributed by atoms with van der Waals surface area (Å²) in [6.07, 6.45) is 3.15. The average molecular weight is 236 g/mol. The minimum Gasteiger partial charge on any atom is -0.327 e. The van der Waals surface area contributed by atoms with Crippen LogP contribution >= 0.6 is 22.7 Å². The average Bonchev–Trinajstić information content (AvgIpc) is 2.84. The second-order valence-corrected chi connectivity index (χ2v) is 5.77. The van der Waals surface area contributed by atoms with Gasteiger partial charge < -0.3 is 5.73 Å². The van der Waals surface area contributed by atoms with Crippen LogP contribution in [-0.4, -0.2) is 11.0 Å². The summed E-state index contributed by atoms with van der Waals surface area (Å²) >= 11 is 3.54. The number of aryl methyl sites for hydroxylation is 1. The van der Waals surface area contributed by atoms with Gasteiger partial charge in [-0.25, -0.2) is 4.98 Å². The molecule has 1 aliphatic carbocycles. The quantitative estimate of drug-likeness (QED) is 0.827. The number of thiazole rings is 1. The second kappa shape index (κ2) is 3.70. The van der Waals surface area contributed by atoms with Gasteiger partial charge in [-0.3, -0.25) is 0 Å². The Morgan fingerprint density at radius 1 is 1.47 bits per heavy atom. The van der Waals surface area contributed by atoms with Crippen LogP contribution in [0.2, 0.25) is 0 Å². The standard InChI is InChI=1S/C11H12N2S2/c12-8-1-2-9-10(5-8)15-11(13-9)7-3-4-14-6-7/h3-4,6,8H,1-2,5,12H2/t8-/m0/s1. The second-order valence-electron chi connectivity index (χ2n) is 3.90. The van der Waals surface area contributed by atoms with Gasteiger partial charge >= 0.3 is 0 Å². The number of aromatic nitrogens is 1. The first-order valence-electron chi connectivity index (χ1n) is 5.09. The number of thiophene rings is 1. The lowest BCUT2D eigenvalue weighted by Gasteiger charge is -2.15. The molecule has 0 radical (unpaired) electrons. The van der Waals surface area contributed by atoms with E-state index >= 15 is 0 Å². The van der Waals surface area contributed by atoms with E-state index in [9.17, 15) is 0 Å². The lowest BCUT2D eigenvalue weighted by Crippen LogP contribution is -2.26. The fraction of sp³-hybridized carbons (Fsp3) is 0.364. The molecule has 0 amide bonds. The van der Waals surface area contributed by atoms with E-state index in [1.807, 2.05) is 11.3 Å². The third-order valence-electron chi connectivity index (χ3n) is 2.75. The molecule has 2 aromatic heterocycles. The summed E-state index contributed by atoms with van der Waals surface area (Å²) in [5.41, 5.74) is 8.50. The number of hydrogen-bond donors (Lipinski definition) is 1. The van der Waals surface area contributed by atoms with Crippen molar-refractivity contribution in [2.75, 3.05) is 0 Å². The Bertz CT molecular complexity index is 459. The van der Waals surface area contributed by atoms with Crippen LogP contribution in [0.4, 0.5) is 0 Å². The zero-order valence-electron chi connectivity index (χ0n) is 8.27. The molecule has 1 aliphatic rings. The third-order valence-corrected chi connectivity index (χ3v) is 4.60. The Hall–Kier alpha value is -0.710. The van der Waals surface area contributed by atoms with E-state index in [0.29, 0.717) is 6.04 Å². The van der Waals surface area contributed by atoms with Gasteiger partial charge in [0, 0.05) is 21.9 Å². The van der Waals surface area contributed by atoms with E-state index in [0.717, 1.165) is 24.3 Å². The molecule has 0 aromatic carbocycles. The highest BCUT2D eigenvalue weighted by Crippen LogP contribution is 2.33. The van der Waals surface area contributed by atoms with Crippen LogP contribution in [0.15, 0.2) is 16.8 Å². The lowest BCUT2D eigenvalue weighted by molar-refractivity contribution is 0.576. The molecule has 2 N–H and O–H groups in total. The van der Waals surface area contributed by atoms with E-state index in [4.69, 9.17) is 10.7 Å². The highest BCUT2D eigenvalue weighted by molar-refractivity contribution is 7.15. The maximum atomic E-state index is 5.96. The van der Waals surface area contributed by atoms with Crippen LogP contribution in [0.5, 0.6) is 0 Å². The molecule has 0 spiro atoms. The Labute approximate surface area is 96.8 Å². The number of hydrogen-bond acceptors (Lipinski definition) is 4. The fourth-order valence-electron chi connectivity index (χ4n) is 1.91. The molecule has 0 fully saturated rings. The first kappa shape index (κ1) is 9.51. The summed E-state index contributed by atoms with van der Waals surface area (Å²) in [5, 5.41) is 5.42. The Balaban J connectivity index is 2.00. The van der Waals surface area contributed by atoms with Gasteiger partial charge in [-0.15, -0.1) is 11.3 Å².